The van der Waals surface area contributed by atoms with Gasteiger partial charge in [0, 0.05) is 22.2 Å². The van der Waals surface area contributed by atoms with E-state index in [1.807, 2.05) is 6.07 Å². The number of halogens is 1. The lowest BCUT2D eigenvalue weighted by atomic mass is 10.1. The number of non-ortho nitro benzene ring substituents is 1. The number of allylic oxidation sites excluding steroid dienone is 1. The molecule has 100 valence electrons. The van der Waals surface area contributed by atoms with Gasteiger partial charge in [-0.15, -0.1) is 0 Å². The minimum atomic E-state index is -0.465. The predicted octanol–water partition coefficient (Wildman–Crippen LogP) is 4.25. The summed E-state index contributed by atoms with van der Waals surface area (Å²) in [5.41, 5.74) is 1.31. The third-order valence-corrected chi connectivity index (χ3v) is 3.35. The molecule has 0 heterocycles. The predicted molar refractivity (Wildman–Crippen MR) is 80.6 cm³/mol. The number of nitro benzene ring substituents is 1. The van der Waals surface area contributed by atoms with Crippen LogP contribution < -0.4 is 0 Å². The second kappa shape index (κ2) is 6.25. The second-order valence-corrected chi connectivity index (χ2v) is 4.88. The Morgan fingerprint density at radius 3 is 2.45 bits per heavy atom. The van der Waals surface area contributed by atoms with Gasteiger partial charge in [-0.05, 0) is 39.7 Å². The molecule has 0 spiro atoms. The van der Waals surface area contributed by atoms with Crippen LogP contribution in [-0.2, 0) is 0 Å². The summed E-state index contributed by atoms with van der Waals surface area (Å²) in [6.45, 7) is 0. The summed E-state index contributed by atoms with van der Waals surface area (Å²) < 4.78 is 0.573. The molecule has 2 aromatic rings. The van der Waals surface area contributed by atoms with Crippen LogP contribution in [-0.4, -0.2) is 10.7 Å². The zero-order chi connectivity index (χ0) is 14.5. The number of nitrogens with zero attached hydrogens (tertiary/aromatic N) is 1. The van der Waals surface area contributed by atoms with Gasteiger partial charge in [0.2, 0.25) is 0 Å². The van der Waals surface area contributed by atoms with Crippen molar-refractivity contribution < 1.29 is 9.72 Å². The first-order valence-electron chi connectivity index (χ1n) is 5.79. The minimum Gasteiger partial charge on any atom is -0.289 e. The summed E-state index contributed by atoms with van der Waals surface area (Å²) in [5, 5.41) is 10.6. The largest absolute Gasteiger partial charge is 0.289 e. The zero-order valence-corrected chi connectivity index (χ0v) is 11.9. The number of hydrogen-bond acceptors (Lipinski definition) is 3. The van der Waals surface area contributed by atoms with E-state index in [1.54, 1.807) is 36.4 Å². The van der Waals surface area contributed by atoms with Gasteiger partial charge in [-0.3, -0.25) is 14.9 Å². The molecule has 0 fully saturated rings. The fraction of sp³-hybridized carbons (Fsp3) is 0. The van der Waals surface area contributed by atoms with Crippen LogP contribution in [0.25, 0.3) is 6.08 Å². The summed E-state index contributed by atoms with van der Waals surface area (Å²) in [6.07, 6.45) is 3.07. The Hall–Kier alpha value is -2.27. The quantitative estimate of drug-likeness (QED) is 0.364. The van der Waals surface area contributed by atoms with Crippen molar-refractivity contribution >= 4 is 33.5 Å². The summed E-state index contributed by atoms with van der Waals surface area (Å²) in [6, 6.07) is 13.3. The lowest BCUT2D eigenvalue weighted by Crippen LogP contribution is -1.93. The highest BCUT2D eigenvalue weighted by atomic mass is 79.9. The third kappa shape index (κ3) is 3.39. The van der Waals surface area contributed by atoms with Crippen molar-refractivity contribution in [3.63, 3.8) is 0 Å². The Morgan fingerprint density at radius 1 is 1.15 bits per heavy atom. The number of carbonyl (C=O) groups is 1. The Morgan fingerprint density at radius 2 is 1.85 bits per heavy atom. The molecule has 0 bridgehead atoms. The maximum Gasteiger partial charge on any atom is 0.270 e. The van der Waals surface area contributed by atoms with Crippen LogP contribution in [0.3, 0.4) is 0 Å². The summed E-state index contributed by atoms with van der Waals surface area (Å²) in [7, 11) is 0. The first-order chi connectivity index (χ1) is 9.58. The maximum atomic E-state index is 11.9. The van der Waals surface area contributed by atoms with E-state index in [1.165, 1.54) is 18.2 Å². The van der Waals surface area contributed by atoms with Crippen LogP contribution in [0, 0.1) is 10.1 Å². The first-order valence-corrected chi connectivity index (χ1v) is 6.58. The SMILES string of the molecule is O=C(C=Cc1ccc([N+](=O)[O-])cc1Br)c1ccccc1. The molecule has 2 aromatic carbocycles. The van der Waals surface area contributed by atoms with E-state index in [2.05, 4.69) is 15.9 Å². The van der Waals surface area contributed by atoms with Gasteiger partial charge in [0.1, 0.15) is 0 Å². The molecule has 4 nitrogen and oxygen atoms in total. The molecule has 0 aliphatic rings. The fourth-order valence-corrected chi connectivity index (χ4v) is 2.13. The van der Waals surface area contributed by atoms with Crippen LogP contribution in [0.1, 0.15) is 15.9 Å². The number of ketones is 1. The van der Waals surface area contributed by atoms with Gasteiger partial charge in [0.15, 0.2) is 5.78 Å². The molecule has 0 aliphatic carbocycles. The molecular weight excluding hydrogens is 322 g/mol. The zero-order valence-electron chi connectivity index (χ0n) is 10.3. The fourth-order valence-electron chi connectivity index (χ4n) is 1.63. The van der Waals surface area contributed by atoms with E-state index in [0.717, 1.165) is 0 Å². The standard InChI is InChI=1S/C15H10BrNO3/c16-14-10-13(17(19)20)8-6-11(14)7-9-15(18)12-4-2-1-3-5-12/h1-10H. The molecule has 20 heavy (non-hydrogen) atoms. The lowest BCUT2D eigenvalue weighted by molar-refractivity contribution is -0.384. The van der Waals surface area contributed by atoms with E-state index in [4.69, 9.17) is 0 Å². The first kappa shape index (κ1) is 14.1. The number of benzene rings is 2. The van der Waals surface area contributed by atoms with Crippen molar-refractivity contribution in [2.75, 3.05) is 0 Å². The van der Waals surface area contributed by atoms with Crippen LogP contribution in [0.2, 0.25) is 0 Å². The molecule has 5 heteroatoms. The lowest BCUT2D eigenvalue weighted by Gasteiger charge is -1.99. The van der Waals surface area contributed by atoms with Gasteiger partial charge in [-0.1, -0.05) is 30.3 Å². The van der Waals surface area contributed by atoms with E-state index < -0.39 is 4.92 Å². The van der Waals surface area contributed by atoms with Gasteiger partial charge >= 0.3 is 0 Å². The molecule has 0 saturated carbocycles. The van der Waals surface area contributed by atoms with Crippen LogP contribution in [0.15, 0.2) is 59.1 Å². The van der Waals surface area contributed by atoms with Crippen molar-refractivity contribution in [3.8, 4) is 0 Å². The van der Waals surface area contributed by atoms with Crippen molar-refractivity contribution in [1.82, 2.24) is 0 Å². The molecule has 2 rings (SSSR count). The third-order valence-electron chi connectivity index (χ3n) is 2.67. The Labute approximate surface area is 124 Å². The van der Waals surface area contributed by atoms with Crippen LogP contribution >= 0.6 is 15.9 Å². The van der Waals surface area contributed by atoms with Gasteiger partial charge in [-0.2, -0.15) is 0 Å². The molecule has 0 unspecified atom stereocenters. The summed E-state index contributed by atoms with van der Waals surface area (Å²) >= 11 is 3.25. The van der Waals surface area contributed by atoms with Gasteiger partial charge < -0.3 is 0 Å². The topological polar surface area (TPSA) is 60.2 Å². The molecule has 0 N–H and O–H groups in total. The number of rotatable bonds is 4. The maximum absolute atomic E-state index is 11.9. The van der Waals surface area contributed by atoms with E-state index in [0.29, 0.717) is 15.6 Å². The highest BCUT2D eigenvalue weighted by molar-refractivity contribution is 9.10. The monoisotopic (exact) mass is 331 g/mol. The Bertz CT molecular complexity index is 681. The molecule has 0 amide bonds. The summed E-state index contributed by atoms with van der Waals surface area (Å²) in [5.74, 6) is -0.115. The second-order valence-electron chi connectivity index (χ2n) is 4.03. The highest BCUT2D eigenvalue weighted by Gasteiger charge is 2.08. The minimum absolute atomic E-state index is 0.00316. The van der Waals surface area contributed by atoms with Crippen molar-refractivity contribution in [3.05, 3.63) is 80.3 Å². The number of hydrogen-bond donors (Lipinski definition) is 0. The molecule has 0 radical (unpaired) electrons. The molecule has 0 aromatic heterocycles. The summed E-state index contributed by atoms with van der Waals surface area (Å²) in [4.78, 5) is 22.1. The van der Waals surface area contributed by atoms with Gasteiger partial charge in [0.05, 0.1) is 4.92 Å². The van der Waals surface area contributed by atoms with Gasteiger partial charge in [-0.25, -0.2) is 0 Å². The molecule has 0 aliphatic heterocycles. The molecule has 0 saturated heterocycles. The van der Waals surface area contributed by atoms with Crippen LogP contribution in [0.5, 0.6) is 0 Å². The van der Waals surface area contributed by atoms with Crippen molar-refractivity contribution in [1.29, 1.82) is 0 Å². The highest BCUT2D eigenvalue weighted by Crippen LogP contribution is 2.24. The van der Waals surface area contributed by atoms with Crippen molar-refractivity contribution in [2.24, 2.45) is 0 Å². The molecular formula is C15H10BrNO3. The average molecular weight is 332 g/mol. The smallest absolute Gasteiger partial charge is 0.270 e. The number of carbonyl (C=O) groups excluding carboxylic acids is 1. The Kier molecular flexibility index (Phi) is 4.42. The normalized spacial score (nSPS) is 10.7. The van der Waals surface area contributed by atoms with E-state index in [9.17, 15) is 14.9 Å². The van der Waals surface area contributed by atoms with E-state index >= 15 is 0 Å². The van der Waals surface area contributed by atoms with Gasteiger partial charge in [0.25, 0.3) is 5.69 Å². The Balaban J connectivity index is 2.20. The van der Waals surface area contributed by atoms with Crippen molar-refractivity contribution in [2.45, 2.75) is 0 Å². The number of nitro groups is 1. The van der Waals surface area contributed by atoms with Crippen LogP contribution in [0.4, 0.5) is 5.69 Å². The molecule has 0 atom stereocenters. The average Bonchev–Trinajstić information content (AvgIpc) is 2.46. The van der Waals surface area contributed by atoms with E-state index in [-0.39, 0.29) is 11.5 Å².